The predicted molar refractivity (Wildman–Crippen MR) is 161 cm³/mol. The molecule has 0 radical (unpaired) electrons. The van der Waals surface area contributed by atoms with Crippen LogP contribution in [0.2, 0.25) is 0 Å². The minimum Gasteiger partial charge on any atom is -0.496 e. The SMILES string of the molecule is CCN1Cc2cc(CN3CC(=O)OC(C/C=C(\C=C(/C)C(F)(F)F)C(F)(F)F)C3C)c(-c3cc(C(C)C)c(F)cc3OC)cc2C1. The van der Waals surface area contributed by atoms with Crippen molar-refractivity contribution in [2.45, 2.75) is 91.1 Å². The summed E-state index contributed by atoms with van der Waals surface area (Å²) < 4.78 is 106. The highest BCUT2D eigenvalue weighted by atomic mass is 19.4. The molecule has 2 aromatic carbocycles. The van der Waals surface area contributed by atoms with E-state index in [1.165, 1.54) is 13.2 Å². The largest absolute Gasteiger partial charge is 0.496 e. The van der Waals surface area contributed by atoms with Crippen molar-refractivity contribution < 1.29 is 45.0 Å². The zero-order chi connectivity index (χ0) is 34.1. The molecule has 0 bridgehead atoms. The van der Waals surface area contributed by atoms with Gasteiger partial charge in [-0.05, 0) is 72.3 Å². The van der Waals surface area contributed by atoms with Crippen LogP contribution in [-0.2, 0) is 29.2 Å². The molecule has 0 N–H and O–H groups in total. The molecule has 2 aromatic rings. The molecule has 5 nitrogen and oxygen atoms in total. The summed E-state index contributed by atoms with van der Waals surface area (Å²) in [6.07, 6.45) is -10.7. The van der Waals surface area contributed by atoms with Crippen molar-refractivity contribution in [1.82, 2.24) is 9.80 Å². The molecule has 2 aliphatic rings. The van der Waals surface area contributed by atoms with Crippen molar-refractivity contribution in [3.63, 3.8) is 0 Å². The maximum atomic E-state index is 15.0. The Morgan fingerprint density at radius 3 is 2.24 bits per heavy atom. The van der Waals surface area contributed by atoms with Gasteiger partial charge >= 0.3 is 18.3 Å². The summed E-state index contributed by atoms with van der Waals surface area (Å²) in [5.74, 6) is -0.824. The number of halogens is 7. The molecule has 2 heterocycles. The standard InChI is InChI=1S/C34H39F7N2O3/c1-7-42-15-22-11-24(27(12-23(22)16-42)28-13-26(19(2)3)29(35)14-31(28)45-6)17-43-18-32(44)46-30(21(43)5)9-8-25(34(39,40)41)10-20(4)33(36,37)38/h8,10-14,19,21,30H,7,9,15-18H2,1-6H3/b20-10+,25-8+. The van der Waals surface area contributed by atoms with E-state index in [0.29, 0.717) is 36.4 Å². The van der Waals surface area contributed by atoms with E-state index in [2.05, 4.69) is 17.9 Å². The average molecular weight is 657 g/mol. The number of ether oxygens (including phenoxy) is 2. The lowest BCUT2D eigenvalue weighted by molar-refractivity contribution is -0.164. The normalized spacial score (nSPS) is 20.3. The van der Waals surface area contributed by atoms with Crippen LogP contribution in [0.5, 0.6) is 5.75 Å². The highest BCUT2D eigenvalue weighted by Crippen LogP contribution is 2.40. The molecule has 1 fully saturated rings. The summed E-state index contributed by atoms with van der Waals surface area (Å²) in [7, 11) is 1.46. The first-order valence-electron chi connectivity index (χ1n) is 15.1. The number of cyclic esters (lactones) is 1. The Hall–Kier alpha value is -3.38. The van der Waals surface area contributed by atoms with Crippen LogP contribution in [0.4, 0.5) is 30.7 Å². The van der Waals surface area contributed by atoms with Crippen LogP contribution in [0.15, 0.2) is 47.6 Å². The lowest BCUT2D eigenvalue weighted by atomic mass is 9.90. The first-order chi connectivity index (χ1) is 21.4. The maximum Gasteiger partial charge on any atom is 0.416 e. The minimum absolute atomic E-state index is 0.0605. The second-order valence-corrected chi connectivity index (χ2v) is 12.2. The maximum absolute atomic E-state index is 15.0. The van der Waals surface area contributed by atoms with Crippen LogP contribution in [0.25, 0.3) is 11.1 Å². The van der Waals surface area contributed by atoms with Crippen molar-refractivity contribution in [2.24, 2.45) is 0 Å². The van der Waals surface area contributed by atoms with Gasteiger partial charge in [0, 0.05) is 49.3 Å². The van der Waals surface area contributed by atoms with Crippen LogP contribution in [0, 0.1) is 5.82 Å². The van der Waals surface area contributed by atoms with Crippen molar-refractivity contribution >= 4 is 5.97 Å². The summed E-state index contributed by atoms with van der Waals surface area (Å²) in [4.78, 5) is 16.8. The van der Waals surface area contributed by atoms with Crippen molar-refractivity contribution in [3.05, 3.63) is 75.6 Å². The lowest BCUT2D eigenvalue weighted by Gasteiger charge is -2.38. The molecule has 12 heteroatoms. The van der Waals surface area contributed by atoms with Gasteiger partial charge in [-0.25, -0.2) is 4.39 Å². The number of methoxy groups -OCH3 is 1. The van der Waals surface area contributed by atoms with Gasteiger partial charge in [-0.2, -0.15) is 26.3 Å². The highest BCUT2D eigenvalue weighted by molar-refractivity contribution is 5.76. The lowest BCUT2D eigenvalue weighted by Crippen LogP contribution is -2.51. The molecular formula is C34H39F7N2O3. The fourth-order valence-electron chi connectivity index (χ4n) is 5.90. The summed E-state index contributed by atoms with van der Waals surface area (Å²) >= 11 is 0. The molecule has 0 amide bonds. The molecule has 4 rings (SSSR count). The Morgan fingerprint density at radius 2 is 1.67 bits per heavy atom. The summed E-state index contributed by atoms with van der Waals surface area (Å²) in [6, 6.07) is 6.65. The van der Waals surface area contributed by atoms with Crippen LogP contribution in [0.1, 0.15) is 69.2 Å². The van der Waals surface area contributed by atoms with Gasteiger partial charge in [0.15, 0.2) is 0 Å². The highest BCUT2D eigenvalue weighted by Gasteiger charge is 2.38. The van der Waals surface area contributed by atoms with E-state index in [1.54, 1.807) is 17.9 Å². The Balaban J connectivity index is 1.73. The van der Waals surface area contributed by atoms with Crippen LogP contribution in [0.3, 0.4) is 0 Å². The number of rotatable bonds is 9. The third-order valence-electron chi connectivity index (χ3n) is 8.71. The number of allylic oxidation sites excluding steroid dienone is 3. The quantitative estimate of drug-likeness (QED) is 0.154. The molecule has 0 spiro atoms. The van der Waals surface area contributed by atoms with E-state index in [-0.39, 0.29) is 25.1 Å². The molecule has 0 aliphatic carbocycles. The number of nitrogens with zero attached hydrogens (tertiary/aromatic N) is 2. The fourth-order valence-corrected chi connectivity index (χ4v) is 5.90. The van der Waals surface area contributed by atoms with Gasteiger partial charge in [0.05, 0.1) is 19.2 Å². The first-order valence-corrected chi connectivity index (χ1v) is 15.1. The van der Waals surface area contributed by atoms with Gasteiger partial charge in [-0.1, -0.05) is 32.9 Å². The molecule has 46 heavy (non-hydrogen) atoms. The molecule has 2 atom stereocenters. The fraction of sp³-hybridized carbons (Fsp3) is 0.500. The third-order valence-corrected chi connectivity index (χ3v) is 8.71. The molecule has 1 saturated heterocycles. The van der Waals surface area contributed by atoms with Gasteiger partial charge in [0.1, 0.15) is 17.7 Å². The van der Waals surface area contributed by atoms with Gasteiger partial charge in [0.25, 0.3) is 0 Å². The molecule has 2 aliphatic heterocycles. The molecule has 252 valence electrons. The zero-order valence-corrected chi connectivity index (χ0v) is 26.7. The number of fused-ring (bicyclic) bond motifs is 1. The molecule has 2 unspecified atom stereocenters. The van der Waals surface area contributed by atoms with Crippen LogP contribution >= 0.6 is 0 Å². The number of alkyl halides is 6. The summed E-state index contributed by atoms with van der Waals surface area (Å²) in [5, 5.41) is 0. The number of benzene rings is 2. The summed E-state index contributed by atoms with van der Waals surface area (Å²) in [6.45, 7) is 10.4. The number of esters is 1. The van der Waals surface area contributed by atoms with E-state index in [4.69, 9.17) is 9.47 Å². The number of morpholine rings is 1. The van der Waals surface area contributed by atoms with Crippen LogP contribution in [-0.4, -0.2) is 60.5 Å². The Bertz CT molecular complexity index is 1510. The molecule has 0 aromatic heterocycles. The molecular weight excluding hydrogens is 617 g/mol. The van der Waals surface area contributed by atoms with Gasteiger partial charge in [-0.3, -0.25) is 14.6 Å². The number of carbonyl (C=O) groups is 1. The molecule has 0 saturated carbocycles. The van der Waals surface area contributed by atoms with Gasteiger partial charge < -0.3 is 9.47 Å². The predicted octanol–water partition coefficient (Wildman–Crippen LogP) is 8.46. The van der Waals surface area contributed by atoms with E-state index in [0.717, 1.165) is 35.3 Å². The summed E-state index contributed by atoms with van der Waals surface area (Å²) in [5.41, 5.74) is 2.12. The average Bonchev–Trinajstić information content (AvgIpc) is 3.37. The first kappa shape index (κ1) is 35.5. The van der Waals surface area contributed by atoms with Gasteiger partial charge in [-0.15, -0.1) is 0 Å². The van der Waals surface area contributed by atoms with E-state index in [1.807, 2.05) is 19.9 Å². The minimum atomic E-state index is -5.04. The second kappa shape index (κ2) is 13.8. The van der Waals surface area contributed by atoms with Crippen molar-refractivity contribution in [3.8, 4) is 16.9 Å². The Morgan fingerprint density at radius 1 is 1.02 bits per heavy atom. The topological polar surface area (TPSA) is 42.0 Å². The monoisotopic (exact) mass is 656 g/mol. The Kier molecular flexibility index (Phi) is 10.6. The van der Waals surface area contributed by atoms with E-state index in [9.17, 15) is 35.5 Å². The number of hydrogen-bond donors (Lipinski definition) is 0. The van der Waals surface area contributed by atoms with Gasteiger partial charge in [0.2, 0.25) is 0 Å². The Labute approximate surface area is 264 Å². The van der Waals surface area contributed by atoms with Crippen molar-refractivity contribution in [1.29, 1.82) is 0 Å². The smallest absolute Gasteiger partial charge is 0.416 e. The van der Waals surface area contributed by atoms with E-state index < -0.39 is 53.9 Å². The van der Waals surface area contributed by atoms with E-state index >= 15 is 0 Å². The zero-order valence-electron chi connectivity index (χ0n) is 26.7. The third kappa shape index (κ3) is 7.94. The second-order valence-electron chi connectivity index (χ2n) is 12.2. The number of carbonyl (C=O) groups excluding carboxylic acids is 1. The van der Waals surface area contributed by atoms with Crippen LogP contribution < -0.4 is 4.74 Å². The van der Waals surface area contributed by atoms with Crippen molar-refractivity contribution in [2.75, 3.05) is 20.2 Å². The number of hydrogen-bond acceptors (Lipinski definition) is 5.